The van der Waals surface area contributed by atoms with E-state index in [1.54, 1.807) is 18.9 Å². The van der Waals surface area contributed by atoms with Crippen LogP contribution in [0.15, 0.2) is 29.3 Å². The third kappa shape index (κ3) is 3.95. The van der Waals surface area contributed by atoms with Crippen molar-refractivity contribution in [1.29, 1.82) is 0 Å². The van der Waals surface area contributed by atoms with Crippen LogP contribution in [0.1, 0.15) is 22.5 Å². The molecule has 10 nitrogen and oxygen atoms in total. The molecule has 1 aromatic heterocycles. The summed E-state index contributed by atoms with van der Waals surface area (Å²) in [5.41, 5.74) is 0.755. The molecule has 34 heavy (non-hydrogen) atoms. The topological polar surface area (TPSA) is 119 Å². The van der Waals surface area contributed by atoms with Crippen LogP contribution in [0.5, 0.6) is 5.75 Å². The van der Waals surface area contributed by atoms with E-state index in [0.29, 0.717) is 30.8 Å². The van der Waals surface area contributed by atoms with Gasteiger partial charge in [0.25, 0.3) is 11.8 Å². The van der Waals surface area contributed by atoms with E-state index >= 15 is 0 Å². The molecule has 2 amide bonds. The minimum Gasteiger partial charge on any atom is -0.489 e. The maximum absolute atomic E-state index is 13.6. The lowest BCUT2D eigenvalue weighted by Gasteiger charge is -2.29. The standard InChI is InChI=1S/C22H25FN4O6S/c1-12-7-14(3-4-15(12)23)24-21(28)19-20-18(10-26(19)2)34(30,31)25-16-9-27(8-13(16)11-33-20)22(29)17-5-6-32-17/h3-4,7,10,13,16-17,25H,5-6,8-9,11H2,1-2H3,(H,24,28). The summed E-state index contributed by atoms with van der Waals surface area (Å²) in [6, 6.07) is 3.64. The van der Waals surface area contributed by atoms with Crippen LogP contribution in [-0.2, 0) is 26.6 Å². The van der Waals surface area contributed by atoms with E-state index in [1.807, 2.05) is 0 Å². The Balaban J connectivity index is 1.41. The number of amides is 2. The van der Waals surface area contributed by atoms with E-state index in [9.17, 15) is 22.4 Å². The Bertz CT molecular complexity index is 1270. The number of benzene rings is 1. The third-order valence-electron chi connectivity index (χ3n) is 6.50. The molecule has 3 unspecified atom stereocenters. The normalized spacial score (nSPS) is 25.3. The number of aryl methyl sites for hydroxylation is 2. The summed E-state index contributed by atoms with van der Waals surface area (Å²) in [5.74, 6) is -1.48. The summed E-state index contributed by atoms with van der Waals surface area (Å²) in [6.45, 7) is 2.80. The molecule has 2 saturated heterocycles. The fraction of sp³-hybridized carbons (Fsp3) is 0.455. The number of halogens is 1. The predicted molar refractivity (Wildman–Crippen MR) is 119 cm³/mol. The highest BCUT2D eigenvalue weighted by Gasteiger charge is 2.44. The van der Waals surface area contributed by atoms with Crippen molar-refractivity contribution >= 4 is 27.5 Å². The Morgan fingerprint density at radius 2 is 2.03 bits per heavy atom. The second kappa shape index (κ2) is 8.36. The SMILES string of the molecule is Cc1cc(NC(=O)c2c3c(cn2C)S(=O)(=O)NC2CN(C(=O)C4CCO4)CC2CO3)ccc1F. The van der Waals surface area contributed by atoms with E-state index in [2.05, 4.69) is 10.0 Å². The van der Waals surface area contributed by atoms with Gasteiger partial charge in [0.05, 0.1) is 13.2 Å². The largest absolute Gasteiger partial charge is 0.489 e. The van der Waals surface area contributed by atoms with Crippen molar-refractivity contribution in [3.63, 3.8) is 0 Å². The highest BCUT2D eigenvalue weighted by atomic mass is 32.2. The smallest absolute Gasteiger partial charge is 0.276 e. The molecule has 3 aliphatic heterocycles. The fourth-order valence-electron chi connectivity index (χ4n) is 4.52. The first-order chi connectivity index (χ1) is 16.1. The van der Waals surface area contributed by atoms with Crippen LogP contribution in [0.25, 0.3) is 0 Å². The molecule has 2 aromatic rings. The molecule has 5 rings (SSSR count). The Labute approximate surface area is 196 Å². The first-order valence-electron chi connectivity index (χ1n) is 11.0. The molecular weight excluding hydrogens is 467 g/mol. The van der Waals surface area contributed by atoms with Crippen LogP contribution < -0.4 is 14.8 Å². The minimum absolute atomic E-state index is 0.0228. The van der Waals surface area contributed by atoms with Gasteiger partial charge in [-0.3, -0.25) is 9.59 Å². The lowest BCUT2D eigenvalue weighted by molar-refractivity contribution is -0.155. The van der Waals surface area contributed by atoms with Gasteiger partial charge in [0, 0.05) is 50.4 Å². The number of aromatic nitrogens is 1. The van der Waals surface area contributed by atoms with Gasteiger partial charge in [0.2, 0.25) is 10.0 Å². The number of rotatable bonds is 3. The second-order valence-corrected chi connectivity index (χ2v) is 10.6. The molecule has 0 spiro atoms. The number of ether oxygens (including phenoxy) is 2. The van der Waals surface area contributed by atoms with Crippen LogP contribution in [0.3, 0.4) is 0 Å². The number of anilines is 1. The summed E-state index contributed by atoms with van der Waals surface area (Å²) in [6.07, 6.45) is 1.51. The quantitative estimate of drug-likeness (QED) is 0.660. The number of nitrogens with zero attached hydrogens (tertiary/aromatic N) is 2. The number of likely N-dealkylation sites (tertiary alicyclic amines) is 1. The van der Waals surface area contributed by atoms with Gasteiger partial charge in [0.1, 0.15) is 16.8 Å². The van der Waals surface area contributed by atoms with Crippen molar-refractivity contribution in [2.24, 2.45) is 13.0 Å². The Kier molecular flexibility index (Phi) is 5.61. The third-order valence-corrected chi connectivity index (χ3v) is 7.98. The van der Waals surface area contributed by atoms with Crippen molar-refractivity contribution in [2.75, 3.05) is 31.6 Å². The zero-order valence-corrected chi connectivity index (χ0v) is 19.5. The number of carbonyl (C=O) groups excluding carboxylic acids is 2. The molecule has 4 heterocycles. The van der Waals surface area contributed by atoms with Crippen molar-refractivity contribution in [3.05, 3.63) is 41.5 Å². The number of fused-ring (bicyclic) bond motifs is 2. The number of hydrogen-bond acceptors (Lipinski definition) is 6. The van der Waals surface area contributed by atoms with Crippen LogP contribution in [0.2, 0.25) is 0 Å². The first-order valence-corrected chi connectivity index (χ1v) is 12.4. The number of hydrogen-bond donors (Lipinski definition) is 2. The predicted octanol–water partition coefficient (Wildman–Crippen LogP) is 1.01. The van der Waals surface area contributed by atoms with Crippen LogP contribution in [0, 0.1) is 18.7 Å². The maximum Gasteiger partial charge on any atom is 0.276 e. The Morgan fingerprint density at radius 1 is 1.26 bits per heavy atom. The average molecular weight is 493 g/mol. The van der Waals surface area contributed by atoms with Gasteiger partial charge in [0.15, 0.2) is 11.4 Å². The van der Waals surface area contributed by atoms with Gasteiger partial charge in [-0.15, -0.1) is 0 Å². The molecule has 1 aromatic carbocycles. The number of carbonyl (C=O) groups is 2. The highest BCUT2D eigenvalue weighted by Crippen LogP contribution is 2.35. The molecule has 3 atom stereocenters. The van der Waals surface area contributed by atoms with Crippen molar-refractivity contribution in [2.45, 2.75) is 30.4 Å². The number of sulfonamides is 1. The van der Waals surface area contributed by atoms with Gasteiger partial charge >= 0.3 is 0 Å². The van der Waals surface area contributed by atoms with Crippen molar-refractivity contribution in [3.8, 4) is 5.75 Å². The second-order valence-electron chi connectivity index (χ2n) is 8.89. The Morgan fingerprint density at radius 3 is 2.71 bits per heavy atom. The van der Waals surface area contributed by atoms with Crippen molar-refractivity contribution in [1.82, 2.24) is 14.2 Å². The van der Waals surface area contributed by atoms with Gasteiger partial charge in [-0.05, 0) is 30.7 Å². The molecule has 0 aliphatic carbocycles. The zero-order valence-electron chi connectivity index (χ0n) is 18.7. The zero-order chi connectivity index (χ0) is 24.2. The summed E-state index contributed by atoms with van der Waals surface area (Å²) >= 11 is 0. The van der Waals surface area contributed by atoms with Crippen LogP contribution in [-0.4, -0.2) is 68.1 Å². The molecule has 3 aliphatic rings. The van der Waals surface area contributed by atoms with E-state index in [0.717, 1.165) is 0 Å². The molecule has 182 valence electrons. The summed E-state index contributed by atoms with van der Waals surface area (Å²) < 4.78 is 55.2. The lowest BCUT2D eigenvalue weighted by atomic mass is 10.1. The van der Waals surface area contributed by atoms with Gasteiger partial charge in [-0.25, -0.2) is 17.5 Å². The molecule has 2 fully saturated rings. The average Bonchev–Trinajstić information content (AvgIpc) is 3.27. The molecular formula is C22H25FN4O6S. The first kappa shape index (κ1) is 22.8. The fourth-order valence-corrected chi connectivity index (χ4v) is 6.01. The van der Waals surface area contributed by atoms with E-state index in [4.69, 9.17) is 9.47 Å². The lowest BCUT2D eigenvalue weighted by Crippen LogP contribution is -2.46. The van der Waals surface area contributed by atoms with E-state index in [-0.39, 0.29) is 41.3 Å². The summed E-state index contributed by atoms with van der Waals surface area (Å²) in [5, 5.41) is 2.67. The van der Waals surface area contributed by atoms with Gasteiger partial charge < -0.3 is 24.3 Å². The van der Waals surface area contributed by atoms with Crippen molar-refractivity contribution < 1.29 is 31.9 Å². The van der Waals surface area contributed by atoms with Gasteiger partial charge in [-0.2, -0.15) is 0 Å². The molecule has 0 bridgehead atoms. The van der Waals surface area contributed by atoms with E-state index < -0.39 is 33.9 Å². The summed E-state index contributed by atoms with van der Waals surface area (Å²) in [4.78, 5) is 27.1. The number of nitrogens with one attached hydrogen (secondary N) is 2. The Hall–Kier alpha value is -2.96. The molecule has 0 saturated carbocycles. The maximum atomic E-state index is 13.6. The summed E-state index contributed by atoms with van der Waals surface area (Å²) in [7, 11) is -2.48. The minimum atomic E-state index is -4.03. The molecule has 2 N–H and O–H groups in total. The highest BCUT2D eigenvalue weighted by molar-refractivity contribution is 7.89. The van der Waals surface area contributed by atoms with Gasteiger partial charge in [-0.1, -0.05) is 0 Å². The van der Waals surface area contributed by atoms with Crippen LogP contribution >= 0.6 is 0 Å². The van der Waals surface area contributed by atoms with E-state index in [1.165, 1.54) is 29.0 Å². The molecule has 0 radical (unpaired) electrons. The van der Waals surface area contributed by atoms with Crippen LogP contribution in [0.4, 0.5) is 10.1 Å². The molecule has 12 heteroatoms. The monoisotopic (exact) mass is 492 g/mol.